The lowest BCUT2D eigenvalue weighted by Gasteiger charge is -2.13. The van der Waals surface area contributed by atoms with E-state index in [1.807, 2.05) is 31.2 Å². The van der Waals surface area contributed by atoms with Crippen molar-refractivity contribution < 1.29 is 19.4 Å². The first-order valence-corrected chi connectivity index (χ1v) is 7.56. The zero-order chi connectivity index (χ0) is 17.1. The van der Waals surface area contributed by atoms with Gasteiger partial charge in [0.25, 0.3) is 0 Å². The number of methoxy groups -OCH3 is 1. The number of pyridine rings is 1. The van der Waals surface area contributed by atoms with Crippen molar-refractivity contribution in [2.75, 3.05) is 13.7 Å². The SMILES string of the molecule is CCOc1ccc(-c2cc(C(=O)[O-])c3cccc(OC)c3n2)cc1. The topological polar surface area (TPSA) is 71.5 Å². The van der Waals surface area contributed by atoms with Gasteiger partial charge in [-0.15, -0.1) is 0 Å². The number of hydrogen-bond donors (Lipinski definition) is 0. The fraction of sp³-hybridized carbons (Fsp3) is 0.158. The average Bonchev–Trinajstić information content (AvgIpc) is 2.61. The number of benzene rings is 2. The third-order valence-corrected chi connectivity index (χ3v) is 3.70. The molecular formula is C19H16NO4-. The Bertz CT molecular complexity index is 888. The number of hydrogen-bond acceptors (Lipinski definition) is 5. The highest BCUT2D eigenvalue weighted by molar-refractivity contribution is 6.04. The predicted octanol–water partition coefficient (Wildman–Crippen LogP) is 2.67. The molecular weight excluding hydrogens is 306 g/mol. The number of carboxylic acid groups (broad SMARTS) is 1. The van der Waals surface area contributed by atoms with Crippen molar-refractivity contribution in [1.82, 2.24) is 4.98 Å². The van der Waals surface area contributed by atoms with Gasteiger partial charge in [0.2, 0.25) is 0 Å². The Balaban J connectivity index is 2.19. The number of rotatable bonds is 5. The number of aromatic nitrogens is 1. The second-order valence-corrected chi connectivity index (χ2v) is 5.16. The van der Waals surface area contributed by atoms with Gasteiger partial charge in [-0.1, -0.05) is 12.1 Å². The van der Waals surface area contributed by atoms with Gasteiger partial charge in [0.1, 0.15) is 17.0 Å². The molecule has 0 radical (unpaired) electrons. The van der Waals surface area contributed by atoms with Crippen LogP contribution >= 0.6 is 0 Å². The van der Waals surface area contributed by atoms with Gasteiger partial charge < -0.3 is 19.4 Å². The van der Waals surface area contributed by atoms with Gasteiger partial charge in [-0.05, 0) is 43.3 Å². The second-order valence-electron chi connectivity index (χ2n) is 5.16. The maximum absolute atomic E-state index is 11.5. The van der Waals surface area contributed by atoms with Crippen molar-refractivity contribution in [2.45, 2.75) is 6.92 Å². The van der Waals surface area contributed by atoms with Gasteiger partial charge in [-0.2, -0.15) is 0 Å². The molecule has 0 spiro atoms. The summed E-state index contributed by atoms with van der Waals surface area (Å²) >= 11 is 0. The van der Waals surface area contributed by atoms with Crippen LogP contribution in [0.5, 0.6) is 11.5 Å². The molecule has 2 aromatic carbocycles. The number of nitrogens with zero attached hydrogens (tertiary/aromatic N) is 1. The Morgan fingerprint density at radius 1 is 1.17 bits per heavy atom. The lowest BCUT2D eigenvalue weighted by Crippen LogP contribution is -2.22. The minimum Gasteiger partial charge on any atom is -0.545 e. The van der Waals surface area contributed by atoms with Crippen LogP contribution in [0.3, 0.4) is 0 Å². The summed E-state index contributed by atoms with van der Waals surface area (Å²) in [6, 6.07) is 14.0. The number of ether oxygens (including phenoxy) is 2. The monoisotopic (exact) mass is 322 g/mol. The van der Waals surface area contributed by atoms with E-state index in [1.165, 1.54) is 13.2 Å². The van der Waals surface area contributed by atoms with Gasteiger partial charge >= 0.3 is 0 Å². The molecule has 0 aliphatic heterocycles. The number of aromatic carboxylic acids is 1. The van der Waals surface area contributed by atoms with Crippen LogP contribution < -0.4 is 14.6 Å². The number of carboxylic acids is 1. The van der Waals surface area contributed by atoms with Crippen LogP contribution in [0.2, 0.25) is 0 Å². The zero-order valence-corrected chi connectivity index (χ0v) is 13.4. The van der Waals surface area contributed by atoms with Gasteiger partial charge in [0.05, 0.1) is 25.4 Å². The lowest BCUT2D eigenvalue weighted by atomic mass is 10.0. The van der Waals surface area contributed by atoms with Crippen molar-refractivity contribution in [3.63, 3.8) is 0 Å². The van der Waals surface area contributed by atoms with Crippen LogP contribution in [0.4, 0.5) is 0 Å². The summed E-state index contributed by atoms with van der Waals surface area (Å²) in [5.74, 6) is 0.0189. The minimum absolute atomic E-state index is 0.0859. The molecule has 0 bridgehead atoms. The summed E-state index contributed by atoms with van der Waals surface area (Å²) in [7, 11) is 1.53. The van der Waals surface area contributed by atoms with Crippen molar-refractivity contribution in [2.24, 2.45) is 0 Å². The molecule has 0 atom stereocenters. The maximum Gasteiger partial charge on any atom is 0.145 e. The van der Waals surface area contributed by atoms with Crippen molar-refractivity contribution in [3.05, 3.63) is 54.1 Å². The lowest BCUT2D eigenvalue weighted by molar-refractivity contribution is -0.254. The van der Waals surface area contributed by atoms with E-state index in [2.05, 4.69) is 4.98 Å². The van der Waals surface area contributed by atoms with Gasteiger partial charge in [0, 0.05) is 16.5 Å². The fourth-order valence-corrected chi connectivity index (χ4v) is 2.59. The maximum atomic E-state index is 11.5. The molecule has 24 heavy (non-hydrogen) atoms. The molecule has 0 saturated heterocycles. The van der Waals surface area contributed by atoms with E-state index in [0.717, 1.165) is 11.3 Å². The molecule has 0 fully saturated rings. The number of carbonyl (C=O) groups excluding carboxylic acids is 1. The quantitative estimate of drug-likeness (QED) is 0.722. The predicted molar refractivity (Wildman–Crippen MR) is 89.2 cm³/mol. The molecule has 0 amide bonds. The molecule has 3 aromatic rings. The largest absolute Gasteiger partial charge is 0.545 e. The van der Waals surface area contributed by atoms with Crippen LogP contribution in [0, 0.1) is 0 Å². The number of para-hydroxylation sites is 1. The smallest absolute Gasteiger partial charge is 0.145 e. The second kappa shape index (κ2) is 6.58. The van der Waals surface area contributed by atoms with Crippen LogP contribution in [-0.2, 0) is 0 Å². The van der Waals surface area contributed by atoms with E-state index in [4.69, 9.17) is 9.47 Å². The summed E-state index contributed by atoms with van der Waals surface area (Å²) < 4.78 is 10.7. The van der Waals surface area contributed by atoms with E-state index in [9.17, 15) is 9.90 Å². The first kappa shape index (κ1) is 15.8. The Labute approximate surface area is 139 Å². The molecule has 0 saturated carbocycles. The van der Waals surface area contributed by atoms with Crippen molar-refractivity contribution in [1.29, 1.82) is 0 Å². The molecule has 0 unspecified atom stereocenters. The number of carbonyl (C=O) groups is 1. The van der Waals surface area contributed by atoms with E-state index >= 15 is 0 Å². The molecule has 5 heteroatoms. The van der Waals surface area contributed by atoms with E-state index < -0.39 is 5.97 Å². The third kappa shape index (κ3) is 2.88. The molecule has 0 N–H and O–H groups in total. The summed E-state index contributed by atoms with van der Waals surface area (Å²) in [6.45, 7) is 2.50. The van der Waals surface area contributed by atoms with Crippen LogP contribution in [0.15, 0.2) is 48.5 Å². The van der Waals surface area contributed by atoms with E-state index in [1.54, 1.807) is 18.2 Å². The average molecular weight is 322 g/mol. The van der Waals surface area contributed by atoms with Gasteiger partial charge in [0.15, 0.2) is 0 Å². The van der Waals surface area contributed by atoms with E-state index in [-0.39, 0.29) is 5.56 Å². The highest BCUT2D eigenvalue weighted by Crippen LogP contribution is 2.30. The van der Waals surface area contributed by atoms with E-state index in [0.29, 0.717) is 29.0 Å². The summed E-state index contributed by atoms with van der Waals surface area (Å²) in [5.41, 5.74) is 1.90. The number of fused-ring (bicyclic) bond motifs is 1. The Hall–Kier alpha value is -3.08. The fourth-order valence-electron chi connectivity index (χ4n) is 2.59. The molecule has 0 aliphatic rings. The molecule has 3 rings (SSSR count). The van der Waals surface area contributed by atoms with Crippen molar-refractivity contribution >= 4 is 16.9 Å². The standard InChI is InChI=1S/C19H17NO4/c1-3-24-13-9-7-12(8-10-13)16-11-15(19(21)22)14-5-4-6-17(23-2)18(14)20-16/h4-11H,3H2,1-2H3,(H,21,22)/p-1. The third-order valence-electron chi connectivity index (χ3n) is 3.70. The molecule has 0 aliphatic carbocycles. The normalized spacial score (nSPS) is 10.6. The summed E-state index contributed by atoms with van der Waals surface area (Å²) in [6.07, 6.45) is 0. The molecule has 5 nitrogen and oxygen atoms in total. The van der Waals surface area contributed by atoms with Gasteiger partial charge in [-0.25, -0.2) is 4.98 Å². The Morgan fingerprint density at radius 2 is 1.92 bits per heavy atom. The Kier molecular flexibility index (Phi) is 4.33. The van der Waals surface area contributed by atoms with Crippen LogP contribution in [0.25, 0.3) is 22.2 Å². The highest BCUT2D eigenvalue weighted by Gasteiger charge is 2.12. The summed E-state index contributed by atoms with van der Waals surface area (Å²) in [4.78, 5) is 16.1. The summed E-state index contributed by atoms with van der Waals surface area (Å²) in [5, 5.41) is 12.0. The highest BCUT2D eigenvalue weighted by atomic mass is 16.5. The van der Waals surface area contributed by atoms with Crippen molar-refractivity contribution in [3.8, 4) is 22.8 Å². The minimum atomic E-state index is -1.25. The first-order valence-electron chi connectivity index (χ1n) is 7.56. The Morgan fingerprint density at radius 3 is 2.54 bits per heavy atom. The van der Waals surface area contributed by atoms with Crippen LogP contribution in [0.1, 0.15) is 17.3 Å². The molecule has 122 valence electrons. The molecule has 1 aromatic heterocycles. The molecule has 1 heterocycles. The zero-order valence-electron chi connectivity index (χ0n) is 13.4. The first-order chi connectivity index (χ1) is 11.6. The van der Waals surface area contributed by atoms with Crippen LogP contribution in [-0.4, -0.2) is 24.7 Å². The van der Waals surface area contributed by atoms with Gasteiger partial charge in [-0.3, -0.25) is 0 Å².